The minimum absolute atomic E-state index is 0.271. The van der Waals surface area contributed by atoms with E-state index in [0.29, 0.717) is 11.0 Å². The summed E-state index contributed by atoms with van der Waals surface area (Å²) in [6.07, 6.45) is 6.39. The molecule has 4 aromatic heterocycles. The second kappa shape index (κ2) is 7.20. The second-order valence-electron chi connectivity index (χ2n) is 6.74. The number of hydrogen-bond donors (Lipinski definition) is 0. The first-order chi connectivity index (χ1) is 14.6. The zero-order chi connectivity index (χ0) is 20.7. The Balaban J connectivity index is 1.53. The van der Waals surface area contributed by atoms with Gasteiger partial charge in [0.1, 0.15) is 11.7 Å². The predicted molar refractivity (Wildman–Crippen MR) is 117 cm³/mol. The smallest absolute Gasteiger partial charge is 0.285 e. The number of para-hydroxylation sites is 1. The molecule has 0 spiro atoms. The molecule has 0 radical (unpaired) electrons. The Kier molecular flexibility index (Phi) is 4.36. The molecular formula is C21H17N7OS. The summed E-state index contributed by atoms with van der Waals surface area (Å²) >= 11 is 1.57. The predicted octanol–water partition coefficient (Wildman–Crippen LogP) is 3.33. The van der Waals surface area contributed by atoms with E-state index in [-0.39, 0.29) is 5.56 Å². The Morgan fingerprint density at radius 3 is 2.73 bits per heavy atom. The van der Waals surface area contributed by atoms with Crippen LogP contribution in [-0.4, -0.2) is 35.2 Å². The largest absolute Gasteiger partial charge is 0.294 e. The minimum atomic E-state index is -0.271. The van der Waals surface area contributed by atoms with E-state index in [9.17, 15) is 4.79 Å². The van der Waals surface area contributed by atoms with E-state index in [1.165, 1.54) is 17.2 Å². The van der Waals surface area contributed by atoms with E-state index in [4.69, 9.17) is 0 Å². The number of aryl methyl sites for hydroxylation is 1. The SMILES string of the molecule is Cc1cc(/C=N\n2cnc3c(cnn3-c3ccccc3)c2=O)c(C)n1-c1nccs1. The van der Waals surface area contributed by atoms with E-state index in [1.54, 1.807) is 28.4 Å². The number of rotatable bonds is 4. The third-order valence-corrected chi connectivity index (χ3v) is 5.63. The third kappa shape index (κ3) is 2.96. The average molecular weight is 415 g/mol. The molecule has 8 nitrogen and oxygen atoms in total. The molecule has 5 rings (SSSR count). The molecule has 0 aliphatic heterocycles. The first-order valence-electron chi connectivity index (χ1n) is 9.27. The number of nitrogens with zero attached hydrogens (tertiary/aromatic N) is 7. The van der Waals surface area contributed by atoms with Crippen LogP contribution in [-0.2, 0) is 0 Å². The van der Waals surface area contributed by atoms with Gasteiger partial charge < -0.3 is 0 Å². The van der Waals surface area contributed by atoms with Gasteiger partial charge in [0.25, 0.3) is 5.56 Å². The molecule has 0 saturated carbocycles. The van der Waals surface area contributed by atoms with Crippen LogP contribution in [0.5, 0.6) is 0 Å². The quantitative estimate of drug-likeness (QED) is 0.422. The minimum Gasteiger partial charge on any atom is -0.294 e. The number of hydrogen-bond acceptors (Lipinski definition) is 6. The molecule has 9 heteroatoms. The highest BCUT2D eigenvalue weighted by atomic mass is 32.1. The van der Waals surface area contributed by atoms with Crippen molar-refractivity contribution in [1.29, 1.82) is 0 Å². The van der Waals surface area contributed by atoms with Crippen molar-refractivity contribution in [1.82, 2.24) is 29.0 Å². The van der Waals surface area contributed by atoms with Gasteiger partial charge >= 0.3 is 0 Å². The Bertz CT molecular complexity index is 1430. The van der Waals surface area contributed by atoms with Crippen molar-refractivity contribution in [3.63, 3.8) is 0 Å². The molecular weight excluding hydrogens is 398 g/mol. The standard InChI is InChI=1S/C21H17N7OS/c1-14-10-16(15(2)27(14)21-22-8-9-30-21)11-24-26-13-23-19-18(20(26)29)12-25-28(19)17-6-4-3-5-7-17/h3-13H,1-2H3/b24-11-. The average Bonchev–Trinajstić information content (AvgIpc) is 3.48. The summed E-state index contributed by atoms with van der Waals surface area (Å²) in [4.78, 5) is 21.7. The van der Waals surface area contributed by atoms with E-state index >= 15 is 0 Å². The lowest BCUT2D eigenvalue weighted by molar-refractivity contribution is 0.809. The summed E-state index contributed by atoms with van der Waals surface area (Å²) in [6, 6.07) is 11.6. The summed E-state index contributed by atoms with van der Waals surface area (Å²) in [5.41, 5.74) is 4.04. The fraction of sp³-hybridized carbons (Fsp3) is 0.0952. The molecule has 4 heterocycles. The third-order valence-electron chi connectivity index (χ3n) is 4.87. The van der Waals surface area contributed by atoms with Gasteiger partial charge in [-0.25, -0.2) is 14.6 Å². The lowest BCUT2D eigenvalue weighted by atomic mass is 10.3. The maximum Gasteiger partial charge on any atom is 0.285 e. The van der Waals surface area contributed by atoms with Crippen LogP contribution >= 0.6 is 11.3 Å². The molecule has 1 aromatic carbocycles. The number of thiazole rings is 1. The normalized spacial score (nSPS) is 11.7. The van der Waals surface area contributed by atoms with Gasteiger partial charge in [0.2, 0.25) is 0 Å². The van der Waals surface area contributed by atoms with Crippen molar-refractivity contribution in [2.45, 2.75) is 13.8 Å². The summed E-state index contributed by atoms with van der Waals surface area (Å²) in [5, 5.41) is 11.9. The molecule has 0 atom stereocenters. The highest BCUT2D eigenvalue weighted by molar-refractivity contribution is 7.12. The van der Waals surface area contributed by atoms with Crippen molar-refractivity contribution in [3.8, 4) is 10.8 Å². The maximum atomic E-state index is 12.9. The molecule has 30 heavy (non-hydrogen) atoms. The van der Waals surface area contributed by atoms with Crippen molar-refractivity contribution in [3.05, 3.63) is 87.8 Å². The summed E-state index contributed by atoms with van der Waals surface area (Å²) in [5.74, 6) is 0. The lowest BCUT2D eigenvalue weighted by Crippen LogP contribution is -2.17. The van der Waals surface area contributed by atoms with Gasteiger partial charge in [-0.15, -0.1) is 11.3 Å². The van der Waals surface area contributed by atoms with E-state index < -0.39 is 0 Å². The first kappa shape index (κ1) is 18.2. The zero-order valence-corrected chi connectivity index (χ0v) is 17.1. The molecule has 0 fully saturated rings. The van der Waals surface area contributed by atoms with Gasteiger partial charge in [-0.05, 0) is 32.0 Å². The molecule has 0 N–H and O–H groups in total. The van der Waals surface area contributed by atoms with Gasteiger partial charge in [-0.2, -0.15) is 14.9 Å². The van der Waals surface area contributed by atoms with Gasteiger partial charge in [-0.1, -0.05) is 18.2 Å². The molecule has 0 amide bonds. The van der Waals surface area contributed by atoms with Crippen LogP contribution in [0.1, 0.15) is 17.0 Å². The van der Waals surface area contributed by atoms with Crippen LogP contribution in [0, 0.1) is 13.8 Å². The van der Waals surface area contributed by atoms with E-state index in [1.807, 2.05) is 55.6 Å². The van der Waals surface area contributed by atoms with Crippen molar-refractivity contribution in [2.24, 2.45) is 5.10 Å². The molecule has 0 aliphatic rings. The highest BCUT2D eigenvalue weighted by Crippen LogP contribution is 2.21. The number of aromatic nitrogens is 6. The van der Waals surface area contributed by atoms with Crippen molar-refractivity contribution in [2.75, 3.05) is 0 Å². The van der Waals surface area contributed by atoms with Gasteiger partial charge in [-0.3, -0.25) is 9.36 Å². The molecule has 148 valence electrons. The molecule has 0 saturated heterocycles. The Hall–Kier alpha value is -3.85. The monoisotopic (exact) mass is 415 g/mol. The molecule has 5 aromatic rings. The van der Waals surface area contributed by atoms with E-state index in [2.05, 4.69) is 24.7 Å². The van der Waals surface area contributed by atoms with Gasteiger partial charge in [0.05, 0.1) is 18.1 Å². The first-order valence-corrected chi connectivity index (χ1v) is 10.2. The zero-order valence-electron chi connectivity index (χ0n) is 16.3. The topological polar surface area (TPSA) is 82.9 Å². The van der Waals surface area contributed by atoms with Gasteiger partial charge in [0.15, 0.2) is 10.8 Å². The fourth-order valence-corrected chi connectivity index (χ4v) is 4.16. The number of fused-ring (bicyclic) bond motifs is 1. The van der Waals surface area contributed by atoms with Crippen molar-refractivity contribution < 1.29 is 0 Å². The van der Waals surface area contributed by atoms with Crippen LogP contribution in [0.15, 0.2) is 70.4 Å². The second-order valence-corrected chi connectivity index (χ2v) is 7.62. The fourth-order valence-electron chi connectivity index (χ4n) is 3.41. The lowest BCUT2D eigenvalue weighted by Gasteiger charge is -2.04. The maximum absolute atomic E-state index is 12.9. The van der Waals surface area contributed by atoms with Crippen LogP contribution in [0.3, 0.4) is 0 Å². The van der Waals surface area contributed by atoms with Crippen molar-refractivity contribution >= 4 is 28.6 Å². The van der Waals surface area contributed by atoms with Crippen LogP contribution in [0.25, 0.3) is 21.9 Å². The van der Waals surface area contributed by atoms with E-state index in [0.717, 1.165) is 27.8 Å². The van der Waals surface area contributed by atoms with Crippen LogP contribution < -0.4 is 5.56 Å². The summed E-state index contributed by atoms with van der Waals surface area (Å²) in [7, 11) is 0. The van der Waals surface area contributed by atoms with Crippen LogP contribution in [0.4, 0.5) is 0 Å². The summed E-state index contributed by atoms with van der Waals surface area (Å²) < 4.78 is 4.95. The molecule has 0 aliphatic carbocycles. The Labute approximate surface area is 175 Å². The summed E-state index contributed by atoms with van der Waals surface area (Å²) in [6.45, 7) is 4.02. The van der Waals surface area contributed by atoms with Crippen LogP contribution in [0.2, 0.25) is 0 Å². The van der Waals surface area contributed by atoms with Gasteiger partial charge in [0, 0.05) is 28.5 Å². The molecule has 0 bridgehead atoms. The highest BCUT2D eigenvalue weighted by Gasteiger charge is 2.13. The molecule has 0 unspecified atom stereocenters. The Morgan fingerprint density at radius 1 is 1.13 bits per heavy atom. The Morgan fingerprint density at radius 2 is 1.97 bits per heavy atom. The number of benzene rings is 1.